The van der Waals surface area contributed by atoms with Crippen molar-refractivity contribution in [3.8, 4) is 5.75 Å². The van der Waals surface area contributed by atoms with Gasteiger partial charge in [0.15, 0.2) is 6.61 Å². The zero-order valence-electron chi connectivity index (χ0n) is 9.84. The van der Waals surface area contributed by atoms with E-state index in [4.69, 9.17) is 27.9 Å². The van der Waals surface area contributed by atoms with Crippen LogP contribution in [0.2, 0.25) is 9.36 Å². The molecule has 0 atom stereocenters. The van der Waals surface area contributed by atoms with Crippen LogP contribution in [0.25, 0.3) is 0 Å². The van der Waals surface area contributed by atoms with Crippen molar-refractivity contribution in [1.29, 1.82) is 0 Å². The Kier molecular flexibility index (Phi) is 4.59. The van der Waals surface area contributed by atoms with Crippen LogP contribution < -0.4 is 4.74 Å². The van der Waals surface area contributed by atoms with Crippen molar-refractivity contribution >= 4 is 46.0 Å². The van der Waals surface area contributed by atoms with E-state index >= 15 is 0 Å². The predicted octanol–water partition coefficient (Wildman–Crippen LogP) is 4.22. The molecule has 0 saturated carbocycles. The molecule has 0 aliphatic carbocycles. The lowest BCUT2D eigenvalue weighted by Crippen LogP contribution is -2.10. The van der Waals surface area contributed by atoms with Crippen LogP contribution >= 0.6 is 34.5 Å². The van der Waals surface area contributed by atoms with Gasteiger partial charge in [-0.15, -0.1) is 11.3 Å². The van der Waals surface area contributed by atoms with Crippen LogP contribution in [0.1, 0.15) is 9.67 Å². The summed E-state index contributed by atoms with van der Waals surface area (Å²) in [6.07, 6.45) is 0. The third-order valence-corrected chi connectivity index (χ3v) is 3.91. The third kappa shape index (κ3) is 3.47. The van der Waals surface area contributed by atoms with E-state index in [-0.39, 0.29) is 28.8 Å². The highest BCUT2D eigenvalue weighted by Gasteiger charge is 2.14. The van der Waals surface area contributed by atoms with Gasteiger partial charge in [0.05, 0.1) is 14.1 Å². The number of carbonyl (C=O) groups excluding carboxylic acids is 1. The molecule has 2 rings (SSSR count). The fraction of sp³-hybridized carbons (Fsp3) is 0.0833. The maximum atomic E-state index is 11.8. The summed E-state index contributed by atoms with van der Waals surface area (Å²) in [5, 5.41) is 10.6. The second-order valence-electron chi connectivity index (χ2n) is 3.69. The van der Waals surface area contributed by atoms with Crippen molar-refractivity contribution in [1.82, 2.24) is 0 Å². The number of ether oxygens (including phenoxy) is 1. The molecule has 20 heavy (non-hydrogen) atoms. The van der Waals surface area contributed by atoms with E-state index in [1.165, 1.54) is 18.2 Å². The number of thiophene rings is 1. The normalized spacial score (nSPS) is 10.3. The van der Waals surface area contributed by atoms with Crippen molar-refractivity contribution in [2.75, 3.05) is 6.61 Å². The molecule has 0 aliphatic rings. The van der Waals surface area contributed by atoms with Crippen LogP contribution in [0.4, 0.5) is 5.69 Å². The molecule has 2 aromatic rings. The molecule has 1 aromatic carbocycles. The van der Waals surface area contributed by atoms with Crippen molar-refractivity contribution in [2.45, 2.75) is 0 Å². The molecule has 0 fully saturated rings. The quantitative estimate of drug-likeness (QED) is 0.467. The number of nitro benzene ring substituents is 1. The van der Waals surface area contributed by atoms with Gasteiger partial charge in [-0.1, -0.05) is 23.2 Å². The number of nitrogens with zero attached hydrogens (tertiary/aromatic N) is 1. The Hall–Kier alpha value is -1.63. The second kappa shape index (κ2) is 6.21. The number of halogens is 2. The van der Waals surface area contributed by atoms with Gasteiger partial charge in [-0.3, -0.25) is 14.9 Å². The first-order valence-electron chi connectivity index (χ1n) is 5.32. The molecule has 0 bridgehead atoms. The molecule has 8 heteroatoms. The smallest absolute Gasteiger partial charge is 0.288 e. The van der Waals surface area contributed by atoms with E-state index in [0.717, 1.165) is 11.3 Å². The lowest BCUT2D eigenvalue weighted by molar-refractivity contribution is -0.384. The van der Waals surface area contributed by atoms with E-state index < -0.39 is 4.92 Å². The van der Waals surface area contributed by atoms with Crippen LogP contribution in [0.5, 0.6) is 5.75 Å². The fourth-order valence-electron chi connectivity index (χ4n) is 1.41. The average molecular weight is 332 g/mol. The minimum atomic E-state index is -0.592. The lowest BCUT2D eigenvalue weighted by atomic mass is 10.3. The second-order valence-corrected chi connectivity index (χ2v) is 5.81. The molecule has 0 aliphatic heterocycles. The molecule has 0 radical (unpaired) electrons. The summed E-state index contributed by atoms with van der Waals surface area (Å²) in [7, 11) is 0. The molecule has 0 spiro atoms. The maximum absolute atomic E-state index is 11.8. The molecule has 1 aromatic heterocycles. The largest absolute Gasteiger partial charge is 0.485 e. The number of ketones is 1. The summed E-state index contributed by atoms with van der Waals surface area (Å²) in [6, 6.07) is 7.15. The monoisotopic (exact) mass is 331 g/mol. The van der Waals surface area contributed by atoms with E-state index in [2.05, 4.69) is 0 Å². The Balaban J connectivity index is 2.02. The number of Topliss-reactive ketones (excluding diaryl/α,β-unsaturated/α-hetero) is 1. The van der Waals surface area contributed by atoms with Gasteiger partial charge in [0, 0.05) is 12.1 Å². The summed E-state index contributed by atoms with van der Waals surface area (Å²) >= 11 is 12.6. The van der Waals surface area contributed by atoms with Gasteiger partial charge in [-0.25, -0.2) is 0 Å². The highest BCUT2D eigenvalue weighted by atomic mass is 35.5. The first-order valence-corrected chi connectivity index (χ1v) is 6.90. The number of carbonyl (C=O) groups is 1. The number of benzene rings is 1. The highest BCUT2D eigenvalue weighted by molar-refractivity contribution is 7.18. The minimum absolute atomic E-state index is 0.0425. The number of nitro groups is 1. The Morgan fingerprint density at radius 2 is 2.05 bits per heavy atom. The van der Waals surface area contributed by atoms with Gasteiger partial charge in [-0.2, -0.15) is 0 Å². The summed E-state index contributed by atoms with van der Waals surface area (Å²) < 4.78 is 5.77. The summed E-state index contributed by atoms with van der Waals surface area (Å²) in [5.41, 5.74) is -0.213. The minimum Gasteiger partial charge on any atom is -0.485 e. The zero-order valence-corrected chi connectivity index (χ0v) is 12.2. The molecular weight excluding hydrogens is 325 g/mol. The predicted molar refractivity (Wildman–Crippen MR) is 77.3 cm³/mol. The zero-order chi connectivity index (χ0) is 14.7. The number of hydrogen-bond donors (Lipinski definition) is 0. The Bertz CT molecular complexity index is 671. The fourth-order valence-corrected chi connectivity index (χ4v) is 2.62. The maximum Gasteiger partial charge on any atom is 0.288 e. The van der Waals surface area contributed by atoms with Crippen molar-refractivity contribution in [3.63, 3.8) is 0 Å². The van der Waals surface area contributed by atoms with Gasteiger partial charge in [-0.05, 0) is 18.2 Å². The van der Waals surface area contributed by atoms with E-state index in [9.17, 15) is 14.9 Å². The van der Waals surface area contributed by atoms with Crippen LogP contribution in [0.3, 0.4) is 0 Å². The first kappa shape index (κ1) is 14.8. The molecule has 104 valence electrons. The SMILES string of the molecule is O=C(COc1ccc([N+](=O)[O-])c(Cl)c1)c1ccc(Cl)s1. The van der Waals surface area contributed by atoms with Gasteiger partial charge in [0.2, 0.25) is 5.78 Å². The van der Waals surface area contributed by atoms with Gasteiger partial charge < -0.3 is 4.74 Å². The van der Waals surface area contributed by atoms with E-state index in [1.54, 1.807) is 12.1 Å². The molecule has 0 unspecified atom stereocenters. The van der Waals surface area contributed by atoms with Gasteiger partial charge in [0.1, 0.15) is 10.8 Å². The van der Waals surface area contributed by atoms with Crippen LogP contribution in [-0.4, -0.2) is 17.3 Å². The third-order valence-electron chi connectivity index (χ3n) is 2.33. The topological polar surface area (TPSA) is 69.4 Å². The standard InChI is InChI=1S/C12H7Cl2NO4S/c13-8-5-7(1-2-9(8)15(17)18)19-6-10(16)11-3-4-12(14)20-11/h1-5H,6H2. The van der Waals surface area contributed by atoms with Crippen molar-refractivity contribution in [3.05, 3.63) is 54.7 Å². The number of hydrogen-bond acceptors (Lipinski definition) is 5. The average Bonchev–Trinajstić information content (AvgIpc) is 2.82. The van der Waals surface area contributed by atoms with Crippen molar-refractivity contribution < 1.29 is 14.5 Å². The summed E-state index contributed by atoms with van der Waals surface area (Å²) in [5.74, 6) is 0.0629. The molecule has 1 heterocycles. The van der Waals surface area contributed by atoms with Gasteiger partial charge in [0.25, 0.3) is 5.69 Å². The molecule has 0 amide bonds. The molecule has 0 saturated heterocycles. The summed E-state index contributed by atoms with van der Waals surface area (Å²) in [4.78, 5) is 22.3. The van der Waals surface area contributed by atoms with E-state index in [0.29, 0.717) is 9.21 Å². The van der Waals surface area contributed by atoms with Gasteiger partial charge >= 0.3 is 0 Å². The first-order chi connectivity index (χ1) is 9.47. The Morgan fingerprint density at radius 3 is 2.60 bits per heavy atom. The molecule has 0 N–H and O–H groups in total. The molecular formula is C12H7Cl2NO4S. The molecule has 5 nitrogen and oxygen atoms in total. The Labute approximate surface area is 127 Å². The van der Waals surface area contributed by atoms with Crippen LogP contribution in [-0.2, 0) is 0 Å². The van der Waals surface area contributed by atoms with Crippen LogP contribution in [0.15, 0.2) is 30.3 Å². The van der Waals surface area contributed by atoms with Crippen LogP contribution in [0, 0.1) is 10.1 Å². The number of rotatable bonds is 5. The summed E-state index contributed by atoms with van der Waals surface area (Å²) in [6.45, 7) is -0.190. The van der Waals surface area contributed by atoms with Crippen molar-refractivity contribution in [2.24, 2.45) is 0 Å². The Morgan fingerprint density at radius 1 is 1.30 bits per heavy atom. The van der Waals surface area contributed by atoms with E-state index in [1.807, 2.05) is 0 Å². The highest BCUT2D eigenvalue weighted by Crippen LogP contribution is 2.28. The lowest BCUT2D eigenvalue weighted by Gasteiger charge is -2.05.